The van der Waals surface area contributed by atoms with Crippen LogP contribution in [0, 0.1) is 11.3 Å². The van der Waals surface area contributed by atoms with E-state index in [0.717, 1.165) is 19.3 Å². The first-order valence-corrected chi connectivity index (χ1v) is 6.06. The standard InChI is InChI=1S/C13H13NS/c14-9-5-1-2-7-12-10-11-6-3-4-8-13(11)15-12/h3-4,6,8,10H,1-2,5,7H2. The third-order valence-corrected chi connectivity index (χ3v) is 3.61. The molecule has 76 valence electrons. The Kier molecular flexibility index (Phi) is 3.37. The maximum Gasteiger partial charge on any atom is 0.0621 e. The van der Waals surface area contributed by atoms with E-state index >= 15 is 0 Å². The third kappa shape index (κ3) is 2.57. The van der Waals surface area contributed by atoms with E-state index in [9.17, 15) is 0 Å². The Morgan fingerprint density at radius 3 is 2.87 bits per heavy atom. The molecule has 0 aliphatic carbocycles. The Bertz CT molecular complexity index is 445. The van der Waals surface area contributed by atoms with Crippen LogP contribution in [-0.4, -0.2) is 0 Å². The number of nitriles is 1. The first kappa shape index (κ1) is 10.2. The van der Waals surface area contributed by atoms with Gasteiger partial charge in [0, 0.05) is 16.0 Å². The number of rotatable bonds is 4. The minimum Gasteiger partial charge on any atom is -0.198 e. The third-order valence-electron chi connectivity index (χ3n) is 2.44. The molecule has 0 aliphatic heterocycles. The number of nitrogens with zero attached hydrogens (tertiary/aromatic N) is 1. The van der Waals surface area contributed by atoms with Crippen molar-refractivity contribution >= 4 is 21.4 Å². The number of fused-ring (bicyclic) bond motifs is 1. The molecule has 0 N–H and O–H groups in total. The summed E-state index contributed by atoms with van der Waals surface area (Å²) in [6.45, 7) is 0. The van der Waals surface area contributed by atoms with Crippen molar-refractivity contribution in [3.8, 4) is 6.07 Å². The molecule has 0 amide bonds. The molecular weight excluding hydrogens is 202 g/mol. The fraction of sp³-hybridized carbons (Fsp3) is 0.308. The van der Waals surface area contributed by atoms with E-state index in [2.05, 4.69) is 36.4 Å². The fourth-order valence-electron chi connectivity index (χ4n) is 1.66. The average molecular weight is 215 g/mol. The highest BCUT2D eigenvalue weighted by Gasteiger charge is 2.00. The maximum atomic E-state index is 8.43. The van der Waals surface area contributed by atoms with Crippen LogP contribution in [0.5, 0.6) is 0 Å². The molecule has 2 heteroatoms. The van der Waals surface area contributed by atoms with Gasteiger partial charge < -0.3 is 0 Å². The zero-order valence-corrected chi connectivity index (χ0v) is 9.39. The minimum absolute atomic E-state index is 0.685. The Morgan fingerprint density at radius 2 is 2.07 bits per heavy atom. The summed E-state index contributed by atoms with van der Waals surface area (Å²) in [4.78, 5) is 1.44. The lowest BCUT2D eigenvalue weighted by Gasteiger charge is -1.92. The summed E-state index contributed by atoms with van der Waals surface area (Å²) in [5, 5.41) is 9.78. The minimum atomic E-state index is 0.685. The monoisotopic (exact) mass is 215 g/mol. The summed E-state index contributed by atoms with van der Waals surface area (Å²) in [7, 11) is 0. The Balaban J connectivity index is 2.00. The van der Waals surface area contributed by atoms with E-state index in [1.165, 1.54) is 15.0 Å². The second kappa shape index (κ2) is 4.95. The van der Waals surface area contributed by atoms with Gasteiger partial charge in [-0.1, -0.05) is 18.2 Å². The van der Waals surface area contributed by atoms with E-state index in [1.54, 1.807) is 0 Å². The molecular formula is C13H13NS. The normalized spacial score (nSPS) is 10.3. The van der Waals surface area contributed by atoms with E-state index < -0.39 is 0 Å². The molecule has 1 heterocycles. The van der Waals surface area contributed by atoms with Gasteiger partial charge in [0.25, 0.3) is 0 Å². The molecule has 15 heavy (non-hydrogen) atoms. The lowest BCUT2D eigenvalue weighted by atomic mass is 10.1. The quantitative estimate of drug-likeness (QED) is 0.703. The number of benzene rings is 1. The Labute approximate surface area is 94.0 Å². The summed E-state index contributed by atoms with van der Waals surface area (Å²) >= 11 is 1.87. The Morgan fingerprint density at radius 1 is 1.20 bits per heavy atom. The largest absolute Gasteiger partial charge is 0.198 e. The second-order valence-corrected chi connectivity index (χ2v) is 4.78. The number of thiophene rings is 1. The maximum absolute atomic E-state index is 8.43. The zero-order valence-electron chi connectivity index (χ0n) is 8.57. The van der Waals surface area contributed by atoms with E-state index in [4.69, 9.17) is 5.26 Å². The molecule has 0 saturated heterocycles. The van der Waals surface area contributed by atoms with Crippen LogP contribution in [0.1, 0.15) is 24.1 Å². The number of hydrogen-bond acceptors (Lipinski definition) is 2. The number of hydrogen-bond donors (Lipinski definition) is 0. The van der Waals surface area contributed by atoms with Crippen LogP contribution in [-0.2, 0) is 6.42 Å². The molecule has 0 fully saturated rings. The van der Waals surface area contributed by atoms with Crippen LogP contribution in [0.4, 0.5) is 0 Å². The number of unbranched alkanes of at least 4 members (excludes halogenated alkanes) is 2. The topological polar surface area (TPSA) is 23.8 Å². The van der Waals surface area contributed by atoms with Crippen molar-refractivity contribution in [2.24, 2.45) is 0 Å². The molecule has 2 rings (SSSR count). The van der Waals surface area contributed by atoms with Crippen molar-refractivity contribution < 1.29 is 0 Å². The lowest BCUT2D eigenvalue weighted by Crippen LogP contribution is -1.79. The molecule has 2 aromatic rings. The van der Waals surface area contributed by atoms with Crippen LogP contribution in [0.3, 0.4) is 0 Å². The van der Waals surface area contributed by atoms with Crippen molar-refractivity contribution in [2.75, 3.05) is 0 Å². The van der Waals surface area contributed by atoms with Crippen molar-refractivity contribution in [1.29, 1.82) is 5.26 Å². The predicted molar refractivity (Wildman–Crippen MR) is 65.0 cm³/mol. The summed E-state index contributed by atoms with van der Waals surface area (Å²) in [5.41, 5.74) is 0. The summed E-state index contributed by atoms with van der Waals surface area (Å²) in [6, 6.07) is 12.9. The molecule has 0 atom stereocenters. The Hall–Kier alpha value is -1.33. The van der Waals surface area contributed by atoms with Crippen molar-refractivity contribution in [1.82, 2.24) is 0 Å². The van der Waals surface area contributed by atoms with Crippen LogP contribution in [0.25, 0.3) is 10.1 Å². The summed E-state index contributed by atoms with van der Waals surface area (Å²) in [6.07, 6.45) is 3.94. The molecule has 1 aromatic heterocycles. The van der Waals surface area contributed by atoms with E-state index in [0.29, 0.717) is 6.42 Å². The highest BCUT2D eigenvalue weighted by molar-refractivity contribution is 7.19. The van der Waals surface area contributed by atoms with Gasteiger partial charge in [-0.3, -0.25) is 0 Å². The van der Waals surface area contributed by atoms with E-state index in [-0.39, 0.29) is 0 Å². The van der Waals surface area contributed by atoms with Gasteiger partial charge >= 0.3 is 0 Å². The van der Waals surface area contributed by atoms with Crippen LogP contribution < -0.4 is 0 Å². The molecule has 0 bridgehead atoms. The SMILES string of the molecule is N#CCCCCc1cc2ccccc2s1. The molecule has 0 spiro atoms. The summed E-state index contributed by atoms with van der Waals surface area (Å²) in [5.74, 6) is 0. The van der Waals surface area contributed by atoms with Gasteiger partial charge in [0.05, 0.1) is 6.07 Å². The zero-order chi connectivity index (χ0) is 10.5. The van der Waals surface area contributed by atoms with Crippen LogP contribution in [0.2, 0.25) is 0 Å². The van der Waals surface area contributed by atoms with Crippen LogP contribution >= 0.6 is 11.3 Å². The molecule has 0 unspecified atom stereocenters. The van der Waals surface area contributed by atoms with E-state index in [1.807, 2.05) is 11.3 Å². The second-order valence-electron chi connectivity index (χ2n) is 3.62. The molecule has 0 saturated carbocycles. The van der Waals surface area contributed by atoms with Gasteiger partial charge in [-0.15, -0.1) is 11.3 Å². The lowest BCUT2D eigenvalue weighted by molar-refractivity contribution is 0.760. The van der Waals surface area contributed by atoms with Gasteiger partial charge in [-0.25, -0.2) is 0 Å². The smallest absolute Gasteiger partial charge is 0.0621 e. The van der Waals surface area contributed by atoms with Gasteiger partial charge in [0.2, 0.25) is 0 Å². The highest BCUT2D eigenvalue weighted by Crippen LogP contribution is 2.26. The molecule has 0 radical (unpaired) electrons. The average Bonchev–Trinajstić information content (AvgIpc) is 2.67. The number of aryl methyl sites for hydroxylation is 1. The molecule has 1 aromatic carbocycles. The van der Waals surface area contributed by atoms with Crippen molar-refractivity contribution in [2.45, 2.75) is 25.7 Å². The van der Waals surface area contributed by atoms with Gasteiger partial charge in [-0.2, -0.15) is 5.26 Å². The van der Waals surface area contributed by atoms with Gasteiger partial charge in [0.1, 0.15) is 0 Å². The predicted octanol–water partition coefficient (Wildman–Crippen LogP) is 4.14. The first-order chi connectivity index (χ1) is 7.40. The first-order valence-electron chi connectivity index (χ1n) is 5.24. The van der Waals surface area contributed by atoms with Crippen molar-refractivity contribution in [3.63, 3.8) is 0 Å². The molecule has 0 aliphatic rings. The van der Waals surface area contributed by atoms with Gasteiger partial charge in [-0.05, 0) is 36.8 Å². The van der Waals surface area contributed by atoms with Gasteiger partial charge in [0.15, 0.2) is 0 Å². The van der Waals surface area contributed by atoms with Crippen LogP contribution in [0.15, 0.2) is 30.3 Å². The van der Waals surface area contributed by atoms with Crippen molar-refractivity contribution in [3.05, 3.63) is 35.2 Å². The molecule has 1 nitrogen and oxygen atoms in total. The highest BCUT2D eigenvalue weighted by atomic mass is 32.1. The summed E-state index contributed by atoms with van der Waals surface area (Å²) < 4.78 is 1.37. The fourth-order valence-corrected chi connectivity index (χ4v) is 2.77.